The van der Waals surface area contributed by atoms with Gasteiger partial charge in [-0.2, -0.15) is 27.1 Å². The number of rotatable bonds is 6. The zero-order valence-electron chi connectivity index (χ0n) is 20.9. The van der Waals surface area contributed by atoms with E-state index in [0.29, 0.717) is 23.5 Å². The third-order valence-electron chi connectivity index (χ3n) is 6.29. The highest BCUT2D eigenvalue weighted by molar-refractivity contribution is 7.91. The summed E-state index contributed by atoms with van der Waals surface area (Å²) in [5.41, 5.74) is -1.03. The van der Waals surface area contributed by atoms with Crippen LogP contribution in [-0.2, 0) is 29.9 Å². The second kappa shape index (κ2) is 9.18. The summed E-state index contributed by atoms with van der Waals surface area (Å²) < 4.78 is 110. The molecular formula is C24H19F6N7O2S. The average molecular weight is 584 g/mol. The fraction of sp³-hybridized carbons (Fsp3) is 0.250. The van der Waals surface area contributed by atoms with E-state index in [1.165, 1.54) is 65.3 Å². The minimum Gasteiger partial charge on any atom is -0.318 e. The first kappa shape index (κ1) is 27.4. The van der Waals surface area contributed by atoms with E-state index in [1.54, 1.807) is 6.20 Å². The Hall–Kier alpha value is -4.21. The molecule has 5 aromatic rings. The number of halogens is 6. The Kier molecular flexibility index (Phi) is 6.28. The summed E-state index contributed by atoms with van der Waals surface area (Å²) in [6, 6.07) is 6.04. The van der Waals surface area contributed by atoms with Crippen LogP contribution in [-0.4, -0.2) is 54.2 Å². The molecule has 4 heterocycles. The van der Waals surface area contributed by atoms with Crippen molar-refractivity contribution in [1.82, 2.24) is 33.9 Å². The zero-order chi connectivity index (χ0) is 29.2. The van der Waals surface area contributed by atoms with Crippen molar-refractivity contribution in [2.45, 2.75) is 24.0 Å². The van der Waals surface area contributed by atoms with E-state index in [-0.39, 0.29) is 39.3 Å². The van der Waals surface area contributed by atoms with Gasteiger partial charge in [-0.05, 0) is 30.3 Å². The number of nitrogens with zero attached hydrogens (tertiary/aromatic N) is 7. The number of aryl methyl sites for hydroxylation is 1. The van der Waals surface area contributed by atoms with Gasteiger partial charge in [-0.15, -0.1) is 0 Å². The lowest BCUT2D eigenvalue weighted by Gasteiger charge is -2.19. The van der Waals surface area contributed by atoms with Crippen molar-refractivity contribution in [2.75, 3.05) is 5.75 Å². The molecule has 9 nitrogen and oxygen atoms in total. The fourth-order valence-corrected chi connectivity index (χ4v) is 5.39. The Balaban J connectivity index is 1.68. The third-order valence-corrected chi connectivity index (χ3v) is 8.11. The lowest BCUT2D eigenvalue weighted by Crippen LogP contribution is -2.33. The van der Waals surface area contributed by atoms with Crippen molar-refractivity contribution < 1.29 is 34.8 Å². The molecule has 0 spiro atoms. The van der Waals surface area contributed by atoms with E-state index in [1.807, 2.05) is 0 Å². The molecule has 0 amide bonds. The van der Waals surface area contributed by atoms with Crippen LogP contribution in [0.5, 0.6) is 0 Å². The molecule has 16 heteroatoms. The second-order valence-corrected chi connectivity index (χ2v) is 11.0. The van der Waals surface area contributed by atoms with Crippen molar-refractivity contribution in [3.8, 4) is 28.6 Å². The maximum absolute atomic E-state index is 14.0. The summed E-state index contributed by atoms with van der Waals surface area (Å²) in [6.45, 7) is 1.42. The molecule has 5 rings (SSSR count). The standard InChI is InChI=1S/C24H19F6N7O2S/c1-4-40(38,39)22-18(21-33-17-9-14(11-31-20(17)35(21)2)23(26,27)24(28,29)30)34-19(36(22)3)13-10-32-37(12-13)16-7-5-15(25)6-8-16/h5-12H,4H2,1-3H3. The van der Waals surface area contributed by atoms with Gasteiger partial charge in [-0.3, -0.25) is 0 Å². The summed E-state index contributed by atoms with van der Waals surface area (Å²) in [5.74, 6) is -5.90. The maximum atomic E-state index is 14.0. The number of hydrogen-bond acceptors (Lipinski definition) is 6. The minimum atomic E-state index is -5.85. The molecule has 210 valence electrons. The fourth-order valence-electron chi connectivity index (χ4n) is 4.18. The topological polar surface area (TPSA) is 100 Å². The highest BCUT2D eigenvalue weighted by atomic mass is 32.2. The first-order valence-electron chi connectivity index (χ1n) is 11.5. The molecule has 0 aliphatic heterocycles. The summed E-state index contributed by atoms with van der Waals surface area (Å²) in [5, 5.41) is 3.98. The highest BCUT2D eigenvalue weighted by Crippen LogP contribution is 2.44. The van der Waals surface area contributed by atoms with Crippen LogP contribution in [0.1, 0.15) is 12.5 Å². The van der Waals surface area contributed by atoms with Gasteiger partial charge in [0.05, 0.1) is 28.8 Å². The SMILES string of the molecule is CCS(=O)(=O)c1c(-c2nc3cc(C(F)(F)C(F)(F)F)cnc3n2C)nc(-c2cnn(-c3ccc(F)cc3)c2)n1C. The molecule has 40 heavy (non-hydrogen) atoms. The number of sulfone groups is 1. The number of fused-ring (bicyclic) bond motifs is 1. The molecule has 0 saturated carbocycles. The van der Waals surface area contributed by atoms with E-state index in [4.69, 9.17) is 0 Å². The van der Waals surface area contributed by atoms with Crippen LogP contribution >= 0.6 is 0 Å². The maximum Gasteiger partial charge on any atom is 0.458 e. The number of hydrogen-bond donors (Lipinski definition) is 0. The molecule has 0 atom stereocenters. The predicted molar refractivity (Wildman–Crippen MR) is 131 cm³/mol. The molecule has 0 unspecified atom stereocenters. The van der Waals surface area contributed by atoms with E-state index in [0.717, 1.165) is 0 Å². The molecule has 0 aliphatic carbocycles. The number of alkyl halides is 5. The van der Waals surface area contributed by atoms with Gasteiger partial charge >= 0.3 is 12.1 Å². The van der Waals surface area contributed by atoms with Gasteiger partial charge in [0, 0.05) is 26.5 Å². The molecule has 0 aliphatic rings. The van der Waals surface area contributed by atoms with Crippen LogP contribution in [0.4, 0.5) is 26.3 Å². The summed E-state index contributed by atoms with van der Waals surface area (Å²) in [4.78, 5) is 12.4. The molecule has 4 aromatic heterocycles. The molecule has 0 saturated heterocycles. The zero-order valence-corrected chi connectivity index (χ0v) is 21.8. The molecule has 0 N–H and O–H groups in total. The van der Waals surface area contributed by atoms with Gasteiger partial charge in [0.15, 0.2) is 26.3 Å². The largest absolute Gasteiger partial charge is 0.458 e. The number of imidazole rings is 2. The Morgan fingerprint density at radius 3 is 2.23 bits per heavy atom. The van der Waals surface area contributed by atoms with Crippen LogP contribution in [0.3, 0.4) is 0 Å². The smallest absolute Gasteiger partial charge is 0.318 e. The normalized spacial score (nSPS) is 12.9. The van der Waals surface area contributed by atoms with E-state index >= 15 is 0 Å². The minimum absolute atomic E-state index is 0.0621. The van der Waals surface area contributed by atoms with Gasteiger partial charge in [0.1, 0.15) is 22.9 Å². The first-order chi connectivity index (χ1) is 18.7. The number of benzene rings is 1. The van der Waals surface area contributed by atoms with Gasteiger partial charge in [0.25, 0.3) is 0 Å². The van der Waals surface area contributed by atoms with Crippen LogP contribution in [0.15, 0.2) is 53.9 Å². The van der Waals surface area contributed by atoms with Crippen molar-refractivity contribution >= 4 is 21.0 Å². The summed E-state index contributed by atoms with van der Waals surface area (Å²) in [7, 11) is -1.10. The second-order valence-electron chi connectivity index (χ2n) is 8.83. The van der Waals surface area contributed by atoms with Gasteiger partial charge in [0.2, 0.25) is 0 Å². The van der Waals surface area contributed by atoms with Gasteiger partial charge in [-0.25, -0.2) is 32.4 Å². The van der Waals surface area contributed by atoms with Crippen molar-refractivity contribution in [3.63, 3.8) is 0 Å². The lowest BCUT2D eigenvalue weighted by molar-refractivity contribution is -0.289. The van der Waals surface area contributed by atoms with Crippen LogP contribution in [0.2, 0.25) is 0 Å². The molecular weight excluding hydrogens is 564 g/mol. The van der Waals surface area contributed by atoms with Crippen LogP contribution in [0.25, 0.3) is 39.8 Å². The van der Waals surface area contributed by atoms with E-state index in [9.17, 15) is 34.8 Å². The quantitative estimate of drug-likeness (QED) is 0.266. The van der Waals surface area contributed by atoms with Crippen LogP contribution in [0, 0.1) is 5.82 Å². The molecule has 1 aromatic carbocycles. The van der Waals surface area contributed by atoms with Gasteiger partial charge < -0.3 is 9.13 Å². The number of aromatic nitrogens is 7. The Morgan fingerprint density at radius 1 is 0.925 bits per heavy atom. The molecule has 0 radical (unpaired) electrons. The van der Waals surface area contributed by atoms with Gasteiger partial charge in [-0.1, -0.05) is 6.92 Å². The predicted octanol–water partition coefficient (Wildman–Crippen LogP) is 4.81. The third kappa shape index (κ3) is 4.31. The van der Waals surface area contributed by atoms with Crippen LogP contribution < -0.4 is 0 Å². The van der Waals surface area contributed by atoms with Crippen molar-refractivity contribution in [3.05, 3.63) is 60.3 Å². The Bertz CT molecular complexity index is 1850. The Labute approximate surface area is 222 Å². The first-order valence-corrected chi connectivity index (χ1v) is 13.2. The summed E-state index contributed by atoms with van der Waals surface area (Å²) >= 11 is 0. The Morgan fingerprint density at radius 2 is 1.60 bits per heavy atom. The van der Waals surface area contributed by atoms with Crippen molar-refractivity contribution in [2.24, 2.45) is 14.1 Å². The monoisotopic (exact) mass is 583 g/mol. The van der Waals surface area contributed by atoms with Crippen molar-refractivity contribution in [1.29, 1.82) is 0 Å². The average Bonchev–Trinajstić information content (AvgIpc) is 3.59. The molecule has 0 fully saturated rings. The van der Waals surface area contributed by atoms with E-state index < -0.39 is 33.3 Å². The highest BCUT2D eigenvalue weighted by Gasteiger charge is 2.59. The lowest BCUT2D eigenvalue weighted by atomic mass is 10.1. The number of pyridine rings is 1. The summed E-state index contributed by atoms with van der Waals surface area (Å²) in [6.07, 6.45) is -2.49. The van der Waals surface area contributed by atoms with E-state index in [2.05, 4.69) is 20.1 Å². The molecule has 0 bridgehead atoms.